The lowest BCUT2D eigenvalue weighted by Crippen LogP contribution is -2.40. The zero-order chi connectivity index (χ0) is 33.4. The zero-order valence-electron chi connectivity index (χ0n) is 27.6. The Morgan fingerprint density at radius 1 is 0.979 bits per heavy atom. The summed E-state index contributed by atoms with van der Waals surface area (Å²) in [5.41, 5.74) is 5.73. The van der Waals surface area contributed by atoms with Crippen molar-refractivity contribution >= 4 is 40.7 Å². The fraction of sp³-hybridized carbons (Fsp3) is 0.389. The van der Waals surface area contributed by atoms with Gasteiger partial charge in [0.15, 0.2) is 4.80 Å². The first-order valence-corrected chi connectivity index (χ1v) is 17.8. The molecule has 1 aromatic carbocycles. The molecule has 0 saturated carbocycles. The molecule has 1 atom stereocenters. The smallest absolute Gasteiger partial charge is 0.341 e. The Bertz CT molecular complexity index is 2090. The number of fused-ring (bicyclic) bond motifs is 2. The summed E-state index contributed by atoms with van der Waals surface area (Å²) in [6.45, 7) is 12.2. The van der Waals surface area contributed by atoms with Crippen molar-refractivity contribution in [2.75, 3.05) is 19.8 Å². The molecule has 246 valence electrons. The van der Waals surface area contributed by atoms with Crippen LogP contribution in [0.2, 0.25) is 0 Å². The van der Waals surface area contributed by atoms with Gasteiger partial charge in [-0.05, 0) is 96.6 Å². The molecule has 0 amide bonds. The Morgan fingerprint density at radius 2 is 1.70 bits per heavy atom. The number of allylic oxidation sites excluding steroid dienone is 1. The van der Waals surface area contributed by atoms with Gasteiger partial charge in [-0.15, -0.1) is 11.3 Å². The molecule has 0 fully saturated rings. The van der Waals surface area contributed by atoms with Crippen LogP contribution in [-0.2, 0) is 27.1 Å². The lowest BCUT2D eigenvalue weighted by atomic mass is 9.95. The maximum absolute atomic E-state index is 14.3. The highest BCUT2D eigenvalue weighted by Gasteiger charge is 2.35. The Hall–Kier alpha value is -4.22. The second kappa shape index (κ2) is 13.5. The van der Waals surface area contributed by atoms with Crippen LogP contribution >= 0.6 is 22.7 Å². The summed E-state index contributed by atoms with van der Waals surface area (Å²) in [6.07, 6.45) is 5.88. The number of thiazole rings is 1. The number of aryl methyl sites for hydroxylation is 2. The van der Waals surface area contributed by atoms with Crippen LogP contribution in [-0.4, -0.2) is 40.9 Å². The molecular weight excluding hydrogens is 635 g/mol. The molecule has 0 unspecified atom stereocenters. The van der Waals surface area contributed by atoms with Gasteiger partial charge < -0.3 is 18.8 Å². The molecule has 1 aliphatic heterocycles. The molecule has 4 aromatic rings. The van der Waals surface area contributed by atoms with Gasteiger partial charge >= 0.3 is 11.9 Å². The molecule has 4 heterocycles. The first-order chi connectivity index (χ1) is 22.7. The number of hydrogen-bond donors (Lipinski definition) is 0. The monoisotopic (exact) mass is 673 g/mol. The van der Waals surface area contributed by atoms with E-state index >= 15 is 0 Å². The average Bonchev–Trinajstić information content (AvgIpc) is 3.66. The minimum absolute atomic E-state index is 0.195. The Kier molecular flexibility index (Phi) is 9.39. The summed E-state index contributed by atoms with van der Waals surface area (Å²) >= 11 is 2.94. The lowest BCUT2D eigenvalue weighted by molar-refractivity contribution is -0.139. The predicted molar refractivity (Wildman–Crippen MR) is 184 cm³/mol. The van der Waals surface area contributed by atoms with Crippen molar-refractivity contribution in [2.45, 2.75) is 73.3 Å². The molecule has 1 aliphatic carbocycles. The van der Waals surface area contributed by atoms with Crippen molar-refractivity contribution in [1.82, 2.24) is 9.13 Å². The zero-order valence-corrected chi connectivity index (χ0v) is 29.2. The van der Waals surface area contributed by atoms with E-state index < -0.39 is 12.0 Å². The number of benzene rings is 1. The van der Waals surface area contributed by atoms with E-state index in [1.54, 1.807) is 29.8 Å². The van der Waals surface area contributed by atoms with Gasteiger partial charge in [0.25, 0.3) is 5.56 Å². The summed E-state index contributed by atoms with van der Waals surface area (Å²) < 4.78 is 21.1. The molecule has 0 spiro atoms. The van der Waals surface area contributed by atoms with Crippen LogP contribution in [0.5, 0.6) is 5.75 Å². The van der Waals surface area contributed by atoms with Crippen LogP contribution in [0, 0.1) is 13.8 Å². The molecule has 0 bridgehead atoms. The van der Waals surface area contributed by atoms with Gasteiger partial charge in [-0.1, -0.05) is 29.5 Å². The van der Waals surface area contributed by atoms with Crippen molar-refractivity contribution in [1.29, 1.82) is 0 Å². The van der Waals surface area contributed by atoms with E-state index in [-0.39, 0.29) is 18.1 Å². The molecule has 0 saturated heterocycles. The van der Waals surface area contributed by atoms with Crippen molar-refractivity contribution in [3.05, 3.63) is 99.8 Å². The van der Waals surface area contributed by atoms with Gasteiger partial charge in [0, 0.05) is 21.8 Å². The van der Waals surface area contributed by atoms with Crippen molar-refractivity contribution < 1.29 is 23.8 Å². The van der Waals surface area contributed by atoms with Crippen LogP contribution in [0.15, 0.2) is 51.4 Å². The second-order valence-electron chi connectivity index (χ2n) is 11.5. The topological polar surface area (TPSA) is 101 Å². The molecular formula is C36H39N3O6S2. The average molecular weight is 674 g/mol. The van der Waals surface area contributed by atoms with E-state index in [9.17, 15) is 14.4 Å². The molecule has 9 nitrogen and oxygen atoms in total. The van der Waals surface area contributed by atoms with Gasteiger partial charge in [-0.3, -0.25) is 9.36 Å². The number of thiophene rings is 1. The minimum atomic E-state index is -0.771. The summed E-state index contributed by atoms with van der Waals surface area (Å²) in [6, 6.07) is 8.72. The van der Waals surface area contributed by atoms with Crippen LogP contribution in [0.4, 0.5) is 0 Å². The highest BCUT2D eigenvalue weighted by Crippen LogP contribution is 2.40. The number of carbonyl (C=O) groups is 2. The third-order valence-electron chi connectivity index (χ3n) is 8.62. The standard InChI is InChI=1S/C36H39N3O6S2/c1-7-43-26-16-12-10-14-24(26)31-29(34(41)44-8-2)21(5)37-36-39(31)32(40)28(47-36)19-23-18-20(4)38(22(23)6)33-30(35(42)45-9-3)25-15-11-13-17-27(25)46-33/h10,12,14,16,18-19,31H,7-9,11,13,15,17H2,1-6H3/b28-19-/t31-/m1/s1. The molecule has 0 radical (unpaired) electrons. The van der Waals surface area contributed by atoms with E-state index in [1.165, 1.54) is 16.2 Å². The van der Waals surface area contributed by atoms with E-state index in [4.69, 9.17) is 19.2 Å². The van der Waals surface area contributed by atoms with E-state index in [1.807, 2.05) is 64.1 Å². The van der Waals surface area contributed by atoms with Crippen LogP contribution < -0.4 is 19.6 Å². The summed E-state index contributed by atoms with van der Waals surface area (Å²) in [5, 5.41) is 0.869. The van der Waals surface area contributed by atoms with Gasteiger partial charge in [-0.25, -0.2) is 14.6 Å². The van der Waals surface area contributed by atoms with Crippen molar-refractivity contribution in [3.63, 3.8) is 0 Å². The number of esters is 2. The summed E-state index contributed by atoms with van der Waals surface area (Å²) in [7, 11) is 0. The molecule has 3 aromatic heterocycles. The fourth-order valence-electron chi connectivity index (χ4n) is 6.59. The molecule has 0 N–H and O–H groups in total. The van der Waals surface area contributed by atoms with Gasteiger partial charge in [0.05, 0.1) is 41.2 Å². The van der Waals surface area contributed by atoms with Crippen molar-refractivity contribution in [2.24, 2.45) is 4.99 Å². The van der Waals surface area contributed by atoms with E-state index in [0.29, 0.717) is 50.7 Å². The summed E-state index contributed by atoms with van der Waals surface area (Å²) in [4.78, 5) is 47.4. The van der Waals surface area contributed by atoms with Crippen molar-refractivity contribution in [3.8, 4) is 10.8 Å². The van der Waals surface area contributed by atoms with Crippen LogP contribution in [0.3, 0.4) is 0 Å². The van der Waals surface area contributed by atoms with Gasteiger partial charge in [0.2, 0.25) is 0 Å². The minimum Gasteiger partial charge on any atom is -0.494 e. The number of nitrogens with zero attached hydrogens (tertiary/aromatic N) is 3. The normalized spacial score (nSPS) is 16.0. The molecule has 2 aliphatic rings. The SMILES string of the molecule is CCOC(=O)C1=C(C)N=c2s/c(=C\c3cc(C)n(-c4sc5c(c4C(=O)OCC)CCCC5)c3C)c(=O)n2[C@@H]1c1ccccc1OCC. The summed E-state index contributed by atoms with van der Waals surface area (Å²) in [5.74, 6) is -0.214. The number of rotatable bonds is 9. The first-order valence-electron chi connectivity index (χ1n) is 16.1. The molecule has 11 heteroatoms. The highest BCUT2D eigenvalue weighted by molar-refractivity contribution is 7.15. The molecule has 47 heavy (non-hydrogen) atoms. The third kappa shape index (κ3) is 5.80. The quantitative estimate of drug-likeness (QED) is 0.211. The molecule has 6 rings (SSSR count). The largest absolute Gasteiger partial charge is 0.494 e. The van der Waals surface area contributed by atoms with Crippen LogP contribution in [0.25, 0.3) is 11.1 Å². The van der Waals surface area contributed by atoms with Crippen LogP contribution in [0.1, 0.15) is 89.9 Å². The first kappa shape index (κ1) is 32.7. The lowest BCUT2D eigenvalue weighted by Gasteiger charge is -2.26. The number of carbonyl (C=O) groups excluding carboxylic acids is 2. The van der Waals surface area contributed by atoms with E-state index in [2.05, 4.69) is 4.57 Å². The number of hydrogen-bond acceptors (Lipinski definition) is 9. The highest BCUT2D eigenvalue weighted by atomic mass is 32.1. The Balaban J connectivity index is 1.52. The number of ether oxygens (including phenoxy) is 3. The Morgan fingerprint density at radius 3 is 2.45 bits per heavy atom. The predicted octanol–water partition coefficient (Wildman–Crippen LogP) is 5.72. The second-order valence-corrected chi connectivity index (χ2v) is 13.6. The third-order valence-corrected chi connectivity index (χ3v) is 10.9. The number of aromatic nitrogens is 2. The van der Waals surface area contributed by atoms with Gasteiger partial charge in [0.1, 0.15) is 16.8 Å². The Labute approximate surface area is 281 Å². The fourth-order valence-corrected chi connectivity index (χ4v) is 9.11. The maximum Gasteiger partial charge on any atom is 0.341 e. The van der Waals surface area contributed by atoms with Gasteiger partial charge in [-0.2, -0.15) is 0 Å². The maximum atomic E-state index is 14.3. The van der Waals surface area contributed by atoms with E-state index in [0.717, 1.165) is 53.2 Å². The number of para-hydroxylation sites is 1.